The van der Waals surface area contributed by atoms with Crippen LogP contribution in [0.3, 0.4) is 0 Å². The Balaban J connectivity index is 2.15. The Hall–Kier alpha value is -2.14. The lowest BCUT2D eigenvalue weighted by atomic mass is 10.2. The molecule has 0 saturated heterocycles. The van der Waals surface area contributed by atoms with Crippen molar-refractivity contribution in [3.05, 3.63) is 68.5 Å². The molecule has 0 aromatic heterocycles. The minimum Gasteiger partial charge on any atom is -0.489 e. The quantitative estimate of drug-likeness (QED) is 0.625. The fourth-order valence-corrected chi connectivity index (χ4v) is 1.78. The number of nitro benzene ring substituents is 1. The zero-order valence-corrected chi connectivity index (χ0v) is 11.4. The highest BCUT2D eigenvalue weighted by Gasteiger charge is 2.10. The molecule has 0 aliphatic rings. The number of nitro groups is 1. The largest absolute Gasteiger partial charge is 0.489 e. The molecule has 0 N–H and O–H groups in total. The van der Waals surface area contributed by atoms with Crippen molar-refractivity contribution < 1.29 is 14.1 Å². The third-order valence-electron chi connectivity index (χ3n) is 2.78. The summed E-state index contributed by atoms with van der Waals surface area (Å²) in [5.41, 5.74) is 0.927. The molecule has 0 spiro atoms. The van der Waals surface area contributed by atoms with Crippen LogP contribution in [0.2, 0.25) is 5.02 Å². The molecule has 0 atom stereocenters. The van der Waals surface area contributed by atoms with Crippen molar-refractivity contribution >= 4 is 17.3 Å². The van der Waals surface area contributed by atoms with Gasteiger partial charge in [0.15, 0.2) is 0 Å². The Labute approximate surface area is 119 Å². The Bertz CT molecular complexity index is 661. The number of hydrogen-bond acceptors (Lipinski definition) is 3. The van der Waals surface area contributed by atoms with Crippen LogP contribution in [0.4, 0.5) is 10.1 Å². The van der Waals surface area contributed by atoms with E-state index in [4.69, 9.17) is 16.3 Å². The molecular formula is C14H11ClFNO3. The molecule has 6 heteroatoms. The number of rotatable bonds is 4. The Morgan fingerprint density at radius 2 is 2.05 bits per heavy atom. The first kappa shape index (κ1) is 14.3. The van der Waals surface area contributed by atoms with E-state index in [-0.39, 0.29) is 18.1 Å². The zero-order chi connectivity index (χ0) is 14.7. The molecule has 0 bridgehead atoms. The second-order valence-electron chi connectivity index (χ2n) is 4.23. The van der Waals surface area contributed by atoms with Gasteiger partial charge in [0.05, 0.1) is 4.92 Å². The number of halogens is 2. The van der Waals surface area contributed by atoms with E-state index in [1.807, 2.05) is 0 Å². The first-order valence-electron chi connectivity index (χ1n) is 5.79. The van der Waals surface area contributed by atoms with E-state index in [9.17, 15) is 14.5 Å². The highest BCUT2D eigenvalue weighted by Crippen LogP contribution is 2.24. The Morgan fingerprint density at radius 3 is 2.70 bits per heavy atom. The smallest absolute Gasteiger partial charge is 0.269 e. The maximum atomic E-state index is 13.4. The second-order valence-corrected chi connectivity index (χ2v) is 4.64. The van der Waals surface area contributed by atoms with E-state index in [1.165, 1.54) is 24.3 Å². The average Bonchev–Trinajstić information content (AvgIpc) is 2.41. The molecule has 2 aromatic rings. The van der Waals surface area contributed by atoms with Gasteiger partial charge in [0, 0.05) is 28.8 Å². The summed E-state index contributed by atoms with van der Waals surface area (Å²) in [5, 5.41) is 11.1. The lowest BCUT2D eigenvalue weighted by Gasteiger charge is -2.08. The lowest BCUT2D eigenvalue weighted by Crippen LogP contribution is -1.98. The van der Waals surface area contributed by atoms with Gasteiger partial charge in [-0.15, -0.1) is 0 Å². The van der Waals surface area contributed by atoms with Gasteiger partial charge in [0.25, 0.3) is 5.69 Å². The molecular weight excluding hydrogens is 285 g/mol. The van der Waals surface area contributed by atoms with Crippen LogP contribution in [-0.4, -0.2) is 4.92 Å². The van der Waals surface area contributed by atoms with Crippen LogP contribution >= 0.6 is 11.6 Å². The second kappa shape index (κ2) is 5.88. The van der Waals surface area contributed by atoms with Crippen molar-refractivity contribution in [2.45, 2.75) is 13.5 Å². The predicted molar refractivity (Wildman–Crippen MR) is 73.6 cm³/mol. The van der Waals surface area contributed by atoms with Crippen LogP contribution in [0.25, 0.3) is 0 Å². The maximum Gasteiger partial charge on any atom is 0.269 e. The van der Waals surface area contributed by atoms with Crippen molar-refractivity contribution in [3.8, 4) is 5.75 Å². The normalized spacial score (nSPS) is 10.3. The molecule has 0 aliphatic heterocycles. The lowest BCUT2D eigenvalue weighted by molar-refractivity contribution is -0.384. The molecule has 0 saturated carbocycles. The summed E-state index contributed by atoms with van der Waals surface area (Å²) in [6.45, 7) is 1.68. The van der Waals surface area contributed by atoms with Crippen LogP contribution in [0, 0.1) is 22.9 Å². The predicted octanol–water partition coefficient (Wildman–Crippen LogP) is 4.27. The molecule has 0 fully saturated rings. The van der Waals surface area contributed by atoms with Gasteiger partial charge in [0.2, 0.25) is 0 Å². The van der Waals surface area contributed by atoms with Gasteiger partial charge >= 0.3 is 0 Å². The number of benzene rings is 2. The van der Waals surface area contributed by atoms with Crippen LogP contribution in [0.1, 0.15) is 11.1 Å². The fraction of sp³-hybridized carbons (Fsp3) is 0.143. The van der Waals surface area contributed by atoms with Crippen LogP contribution in [0.5, 0.6) is 5.75 Å². The van der Waals surface area contributed by atoms with E-state index in [0.29, 0.717) is 21.9 Å². The molecule has 20 heavy (non-hydrogen) atoms. The number of ether oxygens (including phenoxy) is 1. The number of hydrogen-bond donors (Lipinski definition) is 0. The number of non-ortho nitro benzene ring substituents is 1. The van der Waals surface area contributed by atoms with Crippen LogP contribution in [-0.2, 0) is 6.61 Å². The van der Waals surface area contributed by atoms with Crippen molar-refractivity contribution in [2.75, 3.05) is 0 Å². The summed E-state index contributed by atoms with van der Waals surface area (Å²) in [5.74, 6) is -0.0247. The molecule has 104 valence electrons. The summed E-state index contributed by atoms with van der Waals surface area (Å²) >= 11 is 5.95. The minimum atomic E-state index is -0.509. The first-order valence-corrected chi connectivity index (χ1v) is 6.17. The molecule has 0 aliphatic carbocycles. The van der Waals surface area contributed by atoms with E-state index in [2.05, 4.69) is 0 Å². The van der Waals surface area contributed by atoms with E-state index < -0.39 is 4.92 Å². The van der Waals surface area contributed by atoms with Gasteiger partial charge in [-0.1, -0.05) is 17.7 Å². The van der Waals surface area contributed by atoms with Crippen LogP contribution < -0.4 is 4.74 Å². The fourth-order valence-electron chi connectivity index (χ4n) is 1.61. The van der Waals surface area contributed by atoms with Gasteiger partial charge in [-0.25, -0.2) is 4.39 Å². The SMILES string of the molecule is Cc1ccc(OCc2cc([N+](=O)[O-])ccc2Cl)cc1F. The topological polar surface area (TPSA) is 52.4 Å². The van der Waals surface area contributed by atoms with Crippen molar-refractivity contribution in [1.29, 1.82) is 0 Å². The van der Waals surface area contributed by atoms with Gasteiger partial charge in [-0.05, 0) is 24.6 Å². The number of nitrogens with zero attached hydrogens (tertiary/aromatic N) is 1. The highest BCUT2D eigenvalue weighted by molar-refractivity contribution is 6.31. The average molecular weight is 296 g/mol. The van der Waals surface area contributed by atoms with Gasteiger partial charge in [-0.3, -0.25) is 10.1 Å². The van der Waals surface area contributed by atoms with Gasteiger partial charge in [0.1, 0.15) is 18.2 Å². The first-order chi connectivity index (χ1) is 9.47. The van der Waals surface area contributed by atoms with Crippen molar-refractivity contribution in [1.82, 2.24) is 0 Å². The number of aryl methyl sites for hydroxylation is 1. The summed E-state index contributed by atoms with van der Waals surface area (Å²) in [4.78, 5) is 10.2. The van der Waals surface area contributed by atoms with E-state index >= 15 is 0 Å². The monoisotopic (exact) mass is 295 g/mol. The van der Waals surface area contributed by atoms with Crippen molar-refractivity contribution in [2.24, 2.45) is 0 Å². The molecule has 4 nitrogen and oxygen atoms in total. The molecule has 2 aromatic carbocycles. The molecule has 0 radical (unpaired) electrons. The summed E-state index contributed by atoms with van der Waals surface area (Å²) < 4.78 is 18.8. The summed E-state index contributed by atoms with van der Waals surface area (Å²) in [6.07, 6.45) is 0. The molecule has 0 unspecified atom stereocenters. The Kier molecular flexibility index (Phi) is 4.20. The third kappa shape index (κ3) is 3.24. The zero-order valence-electron chi connectivity index (χ0n) is 10.6. The maximum absolute atomic E-state index is 13.4. The molecule has 0 heterocycles. The summed E-state index contributed by atoms with van der Waals surface area (Å²) in [6, 6.07) is 8.59. The minimum absolute atomic E-state index is 0.0308. The van der Waals surface area contributed by atoms with Gasteiger partial charge < -0.3 is 4.74 Å². The highest BCUT2D eigenvalue weighted by atomic mass is 35.5. The molecule has 2 rings (SSSR count). The van der Waals surface area contributed by atoms with E-state index in [0.717, 1.165) is 0 Å². The van der Waals surface area contributed by atoms with E-state index in [1.54, 1.807) is 19.1 Å². The third-order valence-corrected chi connectivity index (χ3v) is 3.15. The molecule has 0 amide bonds. The summed E-state index contributed by atoms with van der Waals surface area (Å²) in [7, 11) is 0. The standard InChI is InChI=1S/C14H11ClFNO3/c1-9-2-4-12(7-14(9)16)20-8-10-6-11(17(18)19)3-5-13(10)15/h2-7H,8H2,1H3. The van der Waals surface area contributed by atoms with Crippen LogP contribution in [0.15, 0.2) is 36.4 Å². The van der Waals surface area contributed by atoms with Gasteiger partial charge in [-0.2, -0.15) is 0 Å². The Morgan fingerprint density at radius 1 is 1.30 bits per heavy atom. The van der Waals surface area contributed by atoms with Crippen molar-refractivity contribution in [3.63, 3.8) is 0 Å².